The van der Waals surface area contributed by atoms with Crippen LogP contribution in [0.5, 0.6) is 0 Å². The number of hydrogen-bond donors (Lipinski definition) is 2. The van der Waals surface area contributed by atoms with Crippen molar-refractivity contribution < 1.29 is 19.1 Å². The first-order valence-corrected chi connectivity index (χ1v) is 7.22. The summed E-state index contributed by atoms with van der Waals surface area (Å²) in [5.41, 5.74) is 4.95. The van der Waals surface area contributed by atoms with Gasteiger partial charge in [0.05, 0.1) is 0 Å². The number of rotatable bonds is 5. The zero-order valence-electron chi connectivity index (χ0n) is 13.6. The van der Waals surface area contributed by atoms with Crippen molar-refractivity contribution in [3.8, 4) is 0 Å². The average Bonchev–Trinajstić information content (AvgIpc) is 3.02. The van der Waals surface area contributed by atoms with Crippen LogP contribution in [0.25, 0.3) is 11.8 Å². The van der Waals surface area contributed by atoms with E-state index < -0.39 is 24.4 Å². The summed E-state index contributed by atoms with van der Waals surface area (Å²) < 4.78 is 6.17. The normalized spacial score (nSPS) is 10.9. The van der Waals surface area contributed by atoms with E-state index in [1.807, 2.05) is 18.2 Å². The number of tetrazole rings is 1. The Hall–Kier alpha value is -3.56. The summed E-state index contributed by atoms with van der Waals surface area (Å²) in [7, 11) is 0. The topological polar surface area (TPSA) is 128 Å². The smallest absolute Gasteiger partial charge is 0.357 e. The zero-order chi connectivity index (χ0) is 18.2. The lowest BCUT2D eigenvalue weighted by Gasteiger charge is -2.09. The number of aromatic nitrogens is 4. The Bertz CT molecular complexity index is 799. The van der Waals surface area contributed by atoms with Gasteiger partial charge in [-0.2, -0.15) is 4.68 Å². The lowest BCUT2D eigenvalue weighted by atomic mass is 10.2. The quantitative estimate of drug-likeness (QED) is 0.432. The molecule has 10 nitrogen and oxygen atoms in total. The highest BCUT2D eigenvalue weighted by atomic mass is 16.5. The fourth-order valence-electron chi connectivity index (χ4n) is 1.77. The third kappa shape index (κ3) is 5.23. The predicted molar refractivity (Wildman–Crippen MR) is 86.1 cm³/mol. The summed E-state index contributed by atoms with van der Waals surface area (Å²) >= 11 is 0. The van der Waals surface area contributed by atoms with E-state index in [9.17, 15) is 14.4 Å². The molecule has 2 amide bonds. The van der Waals surface area contributed by atoms with Gasteiger partial charge in [0.15, 0.2) is 18.1 Å². The summed E-state index contributed by atoms with van der Waals surface area (Å²) in [6.45, 7) is 2.27. The number of nitrogens with one attached hydrogen (secondary N) is 2. The van der Waals surface area contributed by atoms with Crippen molar-refractivity contribution in [1.82, 2.24) is 31.1 Å². The van der Waals surface area contributed by atoms with Crippen LogP contribution in [0.4, 0.5) is 0 Å². The number of benzene rings is 1. The zero-order valence-corrected chi connectivity index (χ0v) is 13.6. The lowest BCUT2D eigenvalue weighted by molar-refractivity contribution is -0.144. The SMILES string of the molecule is CC(=O)NNC(=O)COC(=O)/C(=C/c1ccccc1)n1nnnc1C. The van der Waals surface area contributed by atoms with Gasteiger partial charge in [-0.15, -0.1) is 5.10 Å². The number of hydrazine groups is 1. The number of nitrogens with zero attached hydrogens (tertiary/aromatic N) is 4. The predicted octanol–water partition coefficient (Wildman–Crippen LogP) is -0.310. The Kier molecular flexibility index (Phi) is 5.93. The van der Waals surface area contributed by atoms with E-state index >= 15 is 0 Å². The van der Waals surface area contributed by atoms with Gasteiger partial charge in [-0.05, 0) is 29.0 Å². The molecule has 2 aromatic rings. The first kappa shape index (κ1) is 17.8. The maximum atomic E-state index is 12.4. The third-order valence-electron chi connectivity index (χ3n) is 2.88. The first-order valence-electron chi connectivity index (χ1n) is 7.22. The van der Waals surface area contributed by atoms with Crippen LogP contribution in [0.1, 0.15) is 18.3 Å². The number of amides is 2. The van der Waals surface area contributed by atoms with Gasteiger partial charge in [0.25, 0.3) is 5.91 Å². The Morgan fingerprint density at radius 1 is 1.20 bits per heavy atom. The fraction of sp³-hybridized carbons (Fsp3) is 0.200. The van der Waals surface area contributed by atoms with E-state index in [0.717, 1.165) is 5.56 Å². The van der Waals surface area contributed by atoms with Gasteiger partial charge in [0.2, 0.25) is 5.91 Å². The summed E-state index contributed by atoms with van der Waals surface area (Å²) in [5.74, 6) is -1.55. The van der Waals surface area contributed by atoms with Gasteiger partial charge >= 0.3 is 5.97 Å². The number of ether oxygens (including phenoxy) is 1. The molecule has 0 saturated carbocycles. The minimum absolute atomic E-state index is 0.0426. The molecule has 0 bridgehead atoms. The van der Waals surface area contributed by atoms with Gasteiger partial charge in [-0.1, -0.05) is 30.3 Å². The number of aryl methyl sites for hydroxylation is 1. The molecule has 0 atom stereocenters. The summed E-state index contributed by atoms with van der Waals surface area (Å²) in [5, 5.41) is 11.0. The van der Waals surface area contributed by atoms with E-state index in [4.69, 9.17) is 4.74 Å². The van der Waals surface area contributed by atoms with Crippen LogP contribution in [0.2, 0.25) is 0 Å². The van der Waals surface area contributed by atoms with Gasteiger partial charge in [0, 0.05) is 6.92 Å². The molecule has 2 rings (SSSR count). The van der Waals surface area contributed by atoms with E-state index in [2.05, 4.69) is 26.4 Å². The molecule has 1 heterocycles. The highest BCUT2D eigenvalue weighted by Crippen LogP contribution is 2.13. The van der Waals surface area contributed by atoms with Crippen molar-refractivity contribution in [3.05, 3.63) is 41.7 Å². The largest absolute Gasteiger partial charge is 0.451 e. The second kappa shape index (κ2) is 8.34. The molecule has 10 heteroatoms. The van der Waals surface area contributed by atoms with Crippen LogP contribution < -0.4 is 10.9 Å². The number of carbonyl (C=O) groups is 3. The van der Waals surface area contributed by atoms with Crippen molar-refractivity contribution in [1.29, 1.82) is 0 Å². The molecule has 0 fully saturated rings. The van der Waals surface area contributed by atoms with E-state index in [-0.39, 0.29) is 5.70 Å². The van der Waals surface area contributed by atoms with Crippen molar-refractivity contribution in [3.63, 3.8) is 0 Å². The molecule has 0 spiro atoms. The van der Waals surface area contributed by atoms with Crippen molar-refractivity contribution in [2.45, 2.75) is 13.8 Å². The van der Waals surface area contributed by atoms with E-state index in [0.29, 0.717) is 5.82 Å². The van der Waals surface area contributed by atoms with Crippen molar-refractivity contribution in [2.24, 2.45) is 0 Å². The molecule has 0 radical (unpaired) electrons. The maximum absolute atomic E-state index is 12.4. The molecule has 1 aromatic heterocycles. The molecular weight excluding hydrogens is 328 g/mol. The molecule has 0 saturated heterocycles. The minimum atomic E-state index is -0.794. The van der Waals surface area contributed by atoms with Crippen LogP contribution in [0.3, 0.4) is 0 Å². The van der Waals surface area contributed by atoms with Gasteiger partial charge in [-0.25, -0.2) is 4.79 Å². The van der Waals surface area contributed by atoms with Crippen LogP contribution in [0, 0.1) is 6.92 Å². The van der Waals surface area contributed by atoms with Gasteiger partial charge < -0.3 is 4.74 Å². The molecule has 25 heavy (non-hydrogen) atoms. The first-order chi connectivity index (χ1) is 12.0. The second-order valence-electron chi connectivity index (χ2n) is 4.88. The molecule has 0 aliphatic carbocycles. The third-order valence-corrected chi connectivity index (χ3v) is 2.88. The van der Waals surface area contributed by atoms with Crippen LogP contribution >= 0.6 is 0 Å². The van der Waals surface area contributed by atoms with Gasteiger partial charge in [-0.3, -0.25) is 20.4 Å². The Morgan fingerprint density at radius 3 is 2.52 bits per heavy atom. The standard InChI is InChI=1S/C15H16N6O4/c1-10-16-19-20-21(10)13(8-12-6-4-3-5-7-12)15(24)25-9-14(23)18-17-11(2)22/h3-8H,9H2,1-2H3,(H,17,22)(H,18,23)/b13-8-. The Morgan fingerprint density at radius 2 is 1.92 bits per heavy atom. The Balaban J connectivity index is 2.15. The van der Waals surface area contributed by atoms with Crippen LogP contribution in [-0.2, 0) is 19.1 Å². The number of esters is 1. The molecule has 0 aliphatic heterocycles. The maximum Gasteiger partial charge on any atom is 0.357 e. The highest BCUT2D eigenvalue weighted by molar-refractivity contribution is 6.15. The lowest BCUT2D eigenvalue weighted by Crippen LogP contribution is -2.42. The second-order valence-corrected chi connectivity index (χ2v) is 4.88. The molecule has 0 unspecified atom stereocenters. The van der Waals surface area contributed by atoms with Crippen LogP contribution in [0.15, 0.2) is 30.3 Å². The number of hydrogen-bond acceptors (Lipinski definition) is 7. The van der Waals surface area contributed by atoms with Crippen molar-refractivity contribution in [2.75, 3.05) is 6.61 Å². The molecular formula is C15H16N6O4. The van der Waals surface area contributed by atoms with Crippen molar-refractivity contribution >= 4 is 29.6 Å². The fourth-order valence-corrected chi connectivity index (χ4v) is 1.77. The molecule has 0 aliphatic rings. The minimum Gasteiger partial charge on any atom is -0.451 e. The highest BCUT2D eigenvalue weighted by Gasteiger charge is 2.19. The van der Waals surface area contributed by atoms with E-state index in [1.165, 1.54) is 17.7 Å². The Labute approximate surface area is 142 Å². The number of carbonyl (C=O) groups excluding carboxylic acids is 3. The molecule has 130 valence electrons. The summed E-state index contributed by atoms with van der Waals surface area (Å²) in [6.07, 6.45) is 1.54. The summed E-state index contributed by atoms with van der Waals surface area (Å²) in [6, 6.07) is 9.03. The summed E-state index contributed by atoms with van der Waals surface area (Å²) in [4.78, 5) is 34.6. The molecule has 1 aromatic carbocycles. The van der Waals surface area contributed by atoms with Crippen LogP contribution in [-0.4, -0.2) is 44.6 Å². The molecule has 2 N–H and O–H groups in total. The monoisotopic (exact) mass is 344 g/mol. The van der Waals surface area contributed by atoms with E-state index in [1.54, 1.807) is 19.1 Å². The average molecular weight is 344 g/mol. The van der Waals surface area contributed by atoms with Gasteiger partial charge in [0.1, 0.15) is 0 Å².